The van der Waals surface area contributed by atoms with Gasteiger partial charge in [0.05, 0.1) is 7.11 Å². The number of piperidine rings is 1. The molecule has 1 atom stereocenters. The minimum Gasteiger partial charge on any atom is -0.497 e. The van der Waals surface area contributed by atoms with E-state index < -0.39 is 0 Å². The third-order valence-corrected chi connectivity index (χ3v) is 5.45. The van der Waals surface area contributed by atoms with Crippen LogP contribution in [-0.4, -0.2) is 37.0 Å². The van der Waals surface area contributed by atoms with Crippen LogP contribution in [0.2, 0.25) is 5.02 Å². The number of hydrogen-bond donors (Lipinski definition) is 1. The Morgan fingerprint density at radius 3 is 2.82 bits per heavy atom. The summed E-state index contributed by atoms with van der Waals surface area (Å²) in [6.07, 6.45) is 4.48. The number of aryl methyl sites for hydroxylation is 1. The highest BCUT2D eigenvalue weighted by Crippen LogP contribution is 2.18. The lowest BCUT2D eigenvalue weighted by molar-refractivity contribution is -0.122. The monoisotopic (exact) mass is 400 g/mol. The Labute approximate surface area is 172 Å². The minimum atomic E-state index is 0.155. The van der Waals surface area contributed by atoms with Crippen LogP contribution in [0.25, 0.3) is 0 Å². The van der Waals surface area contributed by atoms with Crippen molar-refractivity contribution in [1.29, 1.82) is 0 Å². The zero-order valence-corrected chi connectivity index (χ0v) is 17.3. The van der Waals surface area contributed by atoms with E-state index in [1.165, 1.54) is 11.1 Å². The predicted octanol–water partition coefficient (Wildman–Crippen LogP) is 4.45. The maximum atomic E-state index is 12.3. The molecule has 2 aromatic rings. The molecule has 2 aromatic carbocycles. The summed E-state index contributed by atoms with van der Waals surface area (Å²) in [6, 6.07) is 16.3. The zero-order valence-electron chi connectivity index (χ0n) is 16.5. The number of nitrogens with one attached hydrogen (secondary N) is 1. The second-order valence-electron chi connectivity index (χ2n) is 7.47. The molecule has 0 saturated carbocycles. The van der Waals surface area contributed by atoms with Crippen molar-refractivity contribution in [2.24, 2.45) is 0 Å². The van der Waals surface area contributed by atoms with E-state index in [1.54, 1.807) is 7.11 Å². The first-order chi connectivity index (χ1) is 13.6. The first-order valence-corrected chi connectivity index (χ1v) is 10.4. The second kappa shape index (κ2) is 10.5. The summed E-state index contributed by atoms with van der Waals surface area (Å²) in [5.74, 6) is 1.04. The van der Waals surface area contributed by atoms with Crippen molar-refractivity contribution >= 4 is 17.5 Å². The van der Waals surface area contributed by atoms with Crippen LogP contribution in [-0.2, 0) is 17.8 Å². The van der Waals surface area contributed by atoms with E-state index in [0.29, 0.717) is 6.42 Å². The molecule has 28 heavy (non-hydrogen) atoms. The number of carbonyl (C=O) groups is 1. The average molecular weight is 401 g/mol. The van der Waals surface area contributed by atoms with Crippen LogP contribution in [0.4, 0.5) is 0 Å². The largest absolute Gasteiger partial charge is 0.497 e. The van der Waals surface area contributed by atoms with Gasteiger partial charge in [-0.2, -0.15) is 0 Å². The average Bonchev–Trinajstić information content (AvgIpc) is 2.70. The third kappa shape index (κ3) is 6.54. The van der Waals surface area contributed by atoms with Crippen LogP contribution in [0.3, 0.4) is 0 Å². The van der Waals surface area contributed by atoms with Crippen LogP contribution in [0.15, 0.2) is 48.5 Å². The number of likely N-dealkylation sites (tertiary alicyclic amines) is 1. The van der Waals surface area contributed by atoms with Gasteiger partial charge in [0.15, 0.2) is 0 Å². The number of carbonyl (C=O) groups excluding carboxylic acids is 1. The molecule has 1 amide bonds. The van der Waals surface area contributed by atoms with Crippen LogP contribution >= 0.6 is 11.6 Å². The molecule has 1 N–H and O–H groups in total. The first kappa shape index (κ1) is 20.7. The molecule has 0 aromatic heterocycles. The van der Waals surface area contributed by atoms with E-state index in [2.05, 4.69) is 22.3 Å². The molecule has 0 bridgehead atoms. The standard InChI is InChI=1S/C23H29ClN2O2/c1-28-22-8-2-6-19(15-22)16-26-14-4-7-21(17-26)25-23(27)9-3-5-18-10-12-20(24)13-11-18/h2,6,8,10-13,15,21H,3-5,7,9,14,16-17H2,1H3,(H,25,27). The number of amides is 1. The molecule has 5 heteroatoms. The summed E-state index contributed by atoms with van der Waals surface area (Å²) in [4.78, 5) is 14.8. The Kier molecular flexibility index (Phi) is 7.75. The van der Waals surface area contributed by atoms with Crippen molar-refractivity contribution in [3.8, 4) is 5.75 Å². The van der Waals surface area contributed by atoms with Crippen molar-refractivity contribution in [2.45, 2.75) is 44.7 Å². The predicted molar refractivity (Wildman–Crippen MR) is 114 cm³/mol. The Morgan fingerprint density at radius 2 is 2.04 bits per heavy atom. The van der Waals surface area contributed by atoms with Crippen molar-refractivity contribution in [3.05, 3.63) is 64.7 Å². The number of halogens is 1. The van der Waals surface area contributed by atoms with E-state index in [4.69, 9.17) is 16.3 Å². The van der Waals surface area contributed by atoms with Gasteiger partial charge < -0.3 is 10.1 Å². The van der Waals surface area contributed by atoms with Gasteiger partial charge in [0, 0.05) is 30.6 Å². The summed E-state index contributed by atoms with van der Waals surface area (Å²) >= 11 is 5.91. The van der Waals surface area contributed by atoms with Crippen molar-refractivity contribution < 1.29 is 9.53 Å². The van der Waals surface area contributed by atoms with Crippen molar-refractivity contribution in [3.63, 3.8) is 0 Å². The molecule has 1 unspecified atom stereocenters. The molecule has 0 aliphatic carbocycles. The van der Waals surface area contributed by atoms with Gasteiger partial charge in [-0.1, -0.05) is 35.9 Å². The third-order valence-electron chi connectivity index (χ3n) is 5.19. The Balaban J connectivity index is 1.41. The van der Waals surface area contributed by atoms with E-state index in [1.807, 2.05) is 36.4 Å². The first-order valence-electron chi connectivity index (χ1n) is 10.0. The van der Waals surface area contributed by atoms with Gasteiger partial charge in [-0.25, -0.2) is 0 Å². The second-order valence-corrected chi connectivity index (χ2v) is 7.91. The molecule has 1 aliphatic rings. The molecule has 1 heterocycles. The number of methoxy groups -OCH3 is 1. The van der Waals surface area contributed by atoms with E-state index in [0.717, 1.165) is 56.1 Å². The SMILES string of the molecule is COc1cccc(CN2CCCC(NC(=O)CCCc3ccc(Cl)cc3)C2)c1. The van der Waals surface area contributed by atoms with Gasteiger partial charge in [-0.15, -0.1) is 0 Å². The van der Waals surface area contributed by atoms with Crippen molar-refractivity contribution in [1.82, 2.24) is 10.2 Å². The number of hydrogen-bond acceptors (Lipinski definition) is 3. The number of benzene rings is 2. The van der Waals surface area contributed by atoms with E-state index in [9.17, 15) is 4.79 Å². The lowest BCUT2D eigenvalue weighted by Gasteiger charge is -2.33. The van der Waals surface area contributed by atoms with Gasteiger partial charge in [0.25, 0.3) is 0 Å². The Morgan fingerprint density at radius 1 is 1.21 bits per heavy atom. The summed E-state index contributed by atoms with van der Waals surface area (Å²) in [5.41, 5.74) is 2.47. The van der Waals surface area contributed by atoms with E-state index in [-0.39, 0.29) is 11.9 Å². The number of rotatable bonds is 8. The lowest BCUT2D eigenvalue weighted by Crippen LogP contribution is -2.47. The lowest BCUT2D eigenvalue weighted by atomic mass is 10.0. The van der Waals surface area contributed by atoms with Crippen molar-refractivity contribution in [2.75, 3.05) is 20.2 Å². The van der Waals surface area contributed by atoms with E-state index >= 15 is 0 Å². The summed E-state index contributed by atoms with van der Waals surface area (Å²) < 4.78 is 5.31. The smallest absolute Gasteiger partial charge is 0.220 e. The molecule has 0 radical (unpaired) electrons. The Bertz CT molecular complexity index is 763. The highest BCUT2D eigenvalue weighted by atomic mass is 35.5. The summed E-state index contributed by atoms with van der Waals surface area (Å²) in [7, 11) is 1.69. The maximum Gasteiger partial charge on any atom is 0.220 e. The maximum absolute atomic E-state index is 12.3. The van der Waals surface area contributed by atoms with Crippen LogP contribution < -0.4 is 10.1 Å². The van der Waals surface area contributed by atoms with Crippen LogP contribution in [0.5, 0.6) is 5.75 Å². The number of ether oxygens (including phenoxy) is 1. The zero-order chi connectivity index (χ0) is 19.8. The summed E-state index contributed by atoms with van der Waals surface area (Å²) in [5, 5.41) is 3.97. The molecule has 0 spiro atoms. The highest BCUT2D eigenvalue weighted by Gasteiger charge is 2.21. The van der Waals surface area contributed by atoms with Gasteiger partial charge in [-0.05, 0) is 67.6 Å². The minimum absolute atomic E-state index is 0.155. The van der Waals surface area contributed by atoms with Gasteiger partial charge in [0.2, 0.25) is 5.91 Å². The molecule has 150 valence electrons. The molecular weight excluding hydrogens is 372 g/mol. The molecule has 1 saturated heterocycles. The molecule has 1 fully saturated rings. The van der Waals surface area contributed by atoms with Gasteiger partial charge >= 0.3 is 0 Å². The summed E-state index contributed by atoms with van der Waals surface area (Å²) in [6.45, 7) is 2.86. The fourth-order valence-corrected chi connectivity index (χ4v) is 3.88. The quantitative estimate of drug-likeness (QED) is 0.711. The highest BCUT2D eigenvalue weighted by molar-refractivity contribution is 6.30. The Hall–Kier alpha value is -2.04. The van der Waals surface area contributed by atoms with Gasteiger partial charge in [-0.3, -0.25) is 9.69 Å². The normalized spacial score (nSPS) is 17.3. The molecule has 1 aliphatic heterocycles. The number of nitrogens with zero attached hydrogens (tertiary/aromatic N) is 1. The molecular formula is C23H29ClN2O2. The fraction of sp³-hybridized carbons (Fsp3) is 0.435. The van der Waals surface area contributed by atoms with Crippen LogP contribution in [0, 0.1) is 0 Å². The topological polar surface area (TPSA) is 41.6 Å². The van der Waals surface area contributed by atoms with Crippen LogP contribution in [0.1, 0.15) is 36.8 Å². The van der Waals surface area contributed by atoms with Gasteiger partial charge in [0.1, 0.15) is 5.75 Å². The molecule has 4 nitrogen and oxygen atoms in total. The molecule has 3 rings (SSSR count). The fourth-order valence-electron chi connectivity index (χ4n) is 3.75.